The van der Waals surface area contributed by atoms with E-state index < -0.39 is 29.8 Å². The summed E-state index contributed by atoms with van der Waals surface area (Å²) in [5.74, 6) is -2.03. The Hall–Kier alpha value is -3.95. The molecule has 2 atom stereocenters. The molecular formula is C24H24F2N4O4. The fourth-order valence-corrected chi connectivity index (χ4v) is 3.75. The number of methoxy groups -OCH3 is 1. The minimum Gasteiger partial charge on any atom is -0.496 e. The van der Waals surface area contributed by atoms with Crippen molar-refractivity contribution in [3.8, 4) is 17.0 Å². The summed E-state index contributed by atoms with van der Waals surface area (Å²) in [4.78, 5) is 29.0. The quantitative estimate of drug-likeness (QED) is 0.440. The van der Waals surface area contributed by atoms with Crippen LogP contribution in [0.25, 0.3) is 11.3 Å². The lowest BCUT2D eigenvalue weighted by Crippen LogP contribution is -2.23. The molecule has 3 aromatic rings. The number of ether oxygens (including phenoxy) is 1. The maximum Gasteiger partial charge on any atom is 0.356 e. The van der Waals surface area contributed by atoms with Crippen LogP contribution in [0.1, 0.15) is 51.5 Å². The van der Waals surface area contributed by atoms with E-state index in [0.29, 0.717) is 24.4 Å². The number of aromatic carboxylic acids is 1. The van der Waals surface area contributed by atoms with Gasteiger partial charge in [0, 0.05) is 18.7 Å². The summed E-state index contributed by atoms with van der Waals surface area (Å²) < 4.78 is 33.8. The third-order valence-electron chi connectivity index (χ3n) is 5.55. The van der Waals surface area contributed by atoms with Gasteiger partial charge >= 0.3 is 5.97 Å². The predicted octanol–water partition coefficient (Wildman–Crippen LogP) is 3.71. The first-order valence-corrected chi connectivity index (χ1v) is 10.8. The van der Waals surface area contributed by atoms with E-state index >= 15 is 0 Å². The Morgan fingerprint density at radius 1 is 1.24 bits per heavy atom. The van der Waals surface area contributed by atoms with Gasteiger partial charge in [-0.2, -0.15) is 0 Å². The monoisotopic (exact) mass is 470 g/mol. The van der Waals surface area contributed by atoms with Crippen molar-refractivity contribution in [2.75, 3.05) is 19.1 Å². The number of benzene rings is 2. The van der Waals surface area contributed by atoms with Crippen LogP contribution < -0.4 is 15.5 Å². The van der Waals surface area contributed by atoms with Gasteiger partial charge < -0.3 is 20.6 Å². The number of amides is 1. The van der Waals surface area contributed by atoms with Crippen LogP contribution in [0.4, 0.5) is 8.78 Å². The van der Waals surface area contributed by atoms with E-state index in [9.17, 15) is 23.5 Å². The van der Waals surface area contributed by atoms with Gasteiger partial charge in [-0.05, 0) is 37.1 Å². The zero-order valence-corrected chi connectivity index (χ0v) is 18.6. The van der Waals surface area contributed by atoms with Crippen molar-refractivity contribution in [2.24, 2.45) is 0 Å². The highest BCUT2D eigenvalue weighted by Crippen LogP contribution is 2.44. The van der Waals surface area contributed by atoms with Crippen LogP contribution in [0.15, 0.2) is 42.5 Å². The van der Waals surface area contributed by atoms with Crippen LogP contribution in [-0.2, 0) is 6.54 Å². The molecule has 1 heterocycles. The Labute approximate surface area is 194 Å². The molecule has 3 N–H and O–H groups in total. The van der Waals surface area contributed by atoms with Crippen molar-refractivity contribution in [1.29, 1.82) is 0 Å². The number of carbonyl (C=O) groups is 2. The first kappa shape index (κ1) is 23.2. The van der Waals surface area contributed by atoms with Crippen molar-refractivity contribution in [3.05, 3.63) is 70.9 Å². The largest absolute Gasteiger partial charge is 0.496 e. The highest BCUT2D eigenvalue weighted by molar-refractivity contribution is 5.97. The lowest BCUT2D eigenvalue weighted by molar-refractivity contribution is 0.0687. The van der Waals surface area contributed by atoms with Crippen LogP contribution in [0, 0.1) is 5.82 Å². The Bertz CT molecular complexity index is 1230. The number of nitrogens with zero attached hydrogens (tertiary/aromatic N) is 2. The van der Waals surface area contributed by atoms with Crippen molar-refractivity contribution >= 4 is 11.9 Å². The maximum atomic E-state index is 13.7. The van der Waals surface area contributed by atoms with Gasteiger partial charge in [0.1, 0.15) is 29.3 Å². The van der Waals surface area contributed by atoms with Crippen LogP contribution in [0.3, 0.4) is 0 Å². The molecule has 10 heteroatoms. The van der Waals surface area contributed by atoms with Crippen molar-refractivity contribution in [2.45, 2.75) is 32.0 Å². The summed E-state index contributed by atoms with van der Waals surface area (Å²) in [6.07, 6.45) is -0.715. The molecule has 2 unspecified atom stereocenters. The molecule has 1 aliphatic rings. The predicted molar refractivity (Wildman–Crippen MR) is 121 cm³/mol. The Kier molecular flexibility index (Phi) is 6.49. The Morgan fingerprint density at radius 3 is 2.53 bits per heavy atom. The molecule has 4 rings (SSSR count). The van der Waals surface area contributed by atoms with Crippen LogP contribution in [0.2, 0.25) is 0 Å². The number of nitrogens with one attached hydrogen (secondary N) is 2. The maximum absolute atomic E-state index is 13.7. The molecule has 1 amide bonds. The second kappa shape index (κ2) is 9.50. The van der Waals surface area contributed by atoms with Gasteiger partial charge in [0.2, 0.25) is 0 Å². The SMILES string of the molecule is CCNn1c(C2CC2F)nc(-c2ccc(CNC(=O)c3cc(F)ccc3OC)cc2)c1C(=O)O. The first-order chi connectivity index (χ1) is 16.3. The summed E-state index contributed by atoms with van der Waals surface area (Å²) >= 11 is 0. The highest BCUT2D eigenvalue weighted by Gasteiger charge is 2.44. The highest BCUT2D eigenvalue weighted by atomic mass is 19.1. The topological polar surface area (TPSA) is 105 Å². The second-order valence-corrected chi connectivity index (χ2v) is 7.90. The number of rotatable bonds is 9. The second-order valence-electron chi connectivity index (χ2n) is 7.90. The number of aromatic nitrogens is 2. The molecule has 1 aliphatic carbocycles. The summed E-state index contributed by atoms with van der Waals surface area (Å²) in [7, 11) is 1.40. The van der Waals surface area contributed by atoms with Crippen molar-refractivity contribution in [3.63, 3.8) is 0 Å². The van der Waals surface area contributed by atoms with Gasteiger partial charge in [-0.25, -0.2) is 23.2 Å². The molecule has 1 fully saturated rings. The molecule has 0 bridgehead atoms. The van der Waals surface area contributed by atoms with E-state index in [2.05, 4.69) is 15.7 Å². The zero-order chi connectivity index (χ0) is 24.4. The molecule has 1 saturated carbocycles. The van der Waals surface area contributed by atoms with E-state index in [0.717, 1.165) is 11.6 Å². The summed E-state index contributed by atoms with van der Waals surface area (Å²) in [5, 5.41) is 12.5. The number of alkyl halides is 1. The van der Waals surface area contributed by atoms with Crippen LogP contribution in [-0.4, -0.2) is 46.5 Å². The Morgan fingerprint density at radius 2 is 1.94 bits per heavy atom. The van der Waals surface area contributed by atoms with Crippen molar-refractivity contribution in [1.82, 2.24) is 15.0 Å². The molecule has 178 valence electrons. The van der Waals surface area contributed by atoms with Crippen LogP contribution in [0.5, 0.6) is 5.75 Å². The van der Waals surface area contributed by atoms with Crippen molar-refractivity contribution < 1.29 is 28.2 Å². The fourth-order valence-electron chi connectivity index (χ4n) is 3.75. The van der Waals surface area contributed by atoms with Gasteiger partial charge in [-0.3, -0.25) is 4.79 Å². The zero-order valence-electron chi connectivity index (χ0n) is 18.6. The number of imidazole rings is 1. The summed E-state index contributed by atoms with van der Waals surface area (Å²) in [6.45, 7) is 2.42. The molecule has 0 saturated heterocycles. The third kappa shape index (κ3) is 4.57. The number of carboxylic acids is 1. The Balaban J connectivity index is 1.55. The van der Waals surface area contributed by atoms with E-state index in [-0.39, 0.29) is 29.2 Å². The number of hydrogen-bond donors (Lipinski definition) is 3. The number of carboxylic acid groups (broad SMARTS) is 1. The van der Waals surface area contributed by atoms with E-state index in [1.807, 2.05) is 6.92 Å². The fraction of sp³-hybridized carbons (Fsp3) is 0.292. The first-order valence-electron chi connectivity index (χ1n) is 10.8. The van der Waals surface area contributed by atoms with Gasteiger partial charge in [-0.1, -0.05) is 24.3 Å². The average Bonchev–Trinajstić information content (AvgIpc) is 3.43. The molecule has 0 spiro atoms. The number of halogens is 2. The van der Waals surface area contributed by atoms with E-state index in [1.165, 1.54) is 23.9 Å². The third-order valence-corrected chi connectivity index (χ3v) is 5.55. The minimum absolute atomic E-state index is 0.0600. The van der Waals surface area contributed by atoms with Gasteiger partial charge in [-0.15, -0.1) is 0 Å². The molecular weight excluding hydrogens is 446 g/mol. The van der Waals surface area contributed by atoms with E-state index in [4.69, 9.17) is 4.74 Å². The lowest BCUT2D eigenvalue weighted by atomic mass is 10.1. The molecule has 1 aromatic heterocycles. The smallest absolute Gasteiger partial charge is 0.356 e. The summed E-state index contributed by atoms with van der Waals surface area (Å²) in [6, 6.07) is 10.5. The van der Waals surface area contributed by atoms with Gasteiger partial charge in [0.15, 0.2) is 5.69 Å². The number of carbonyl (C=O) groups excluding carboxylic acids is 1. The molecule has 8 nitrogen and oxygen atoms in total. The standard InChI is InChI=1S/C24H24F2N4O4/c1-3-28-30-21(24(32)33)20(29-22(30)16-11-18(16)26)14-6-4-13(5-7-14)12-27-23(31)17-10-15(25)8-9-19(17)34-2/h4-10,16,18,28H,3,11-12H2,1-2H3,(H,27,31)(H,32,33). The average molecular weight is 470 g/mol. The minimum atomic E-state index is -1.17. The van der Waals surface area contributed by atoms with Crippen LogP contribution >= 0.6 is 0 Å². The molecule has 0 radical (unpaired) electrons. The normalized spacial score (nSPS) is 16.7. The van der Waals surface area contributed by atoms with Gasteiger partial charge in [0.05, 0.1) is 18.6 Å². The van der Waals surface area contributed by atoms with Gasteiger partial charge in [0.25, 0.3) is 5.91 Å². The van der Waals surface area contributed by atoms with E-state index in [1.54, 1.807) is 24.3 Å². The molecule has 0 aliphatic heterocycles. The molecule has 2 aromatic carbocycles. The number of hydrogen-bond acceptors (Lipinski definition) is 5. The lowest BCUT2D eigenvalue weighted by Gasteiger charge is -2.11. The molecule has 34 heavy (non-hydrogen) atoms. The summed E-state index contributed by atoms with van der Waals surface area (Å²) in [5.41, 5.74) is 4.50.